The lowest BCUT2D eigenvalue weighted by Crippen LogP contribution is -2.38. The second-order valence-electron chi connectivity index (χ2n) is 8.60. The van der Waals surface area contributed by atoms with Crippen molar-refractivity contribution in [3.63, 3.8) is 0 Å². The molecule has 0 bridgehead atoms. The van der Waals surface area contributed by atoms with Gasteiger partial charge in [-0.15, -0.1) is 12.6 Å². The summed E-state index contributed by atoms with van der Waals surface area (Å²) in [5.41, 5.74) is 9.06. The van der Waals surface area contributed by atoms with Gasteiger partial charge in [-0.1, -0.05) is 38.0 Å². The van der Waals surface area contributed by atoms with E-state index < -0.39 is 0 Å². The standard InChI is InChI=1S/C21H28S/c1-13-11-18-17-6-5-15-14(2)19(22)8-7-16(15)21(17,4)10-9-20(18,3)12-13/h7-8,13,22H,5-6,9-12H2,1-4H3/t13?,20-,21?/m0/s1. The third-order valence-corrected chi connectivity index (χ3v) is 7.56. The molecule has 1 saturated carbocycles. The predicted octanol–water partition coefficient (Wildman–Crippen LogP) is 6.01. The Bertz CT molecular complexity index is 683. The van der Waals surface area contributed by atoms with Crippen molar-refractivity contribution in [1.82, 2.24) is 0 Å². The maximum Gasteiger partial charge on any atom is 0.0139 e. The molecule has 1 heteroatoms. The van der Waals surface area contributed by atoms with Gasteiger partial charge in [0.2, 0.25) is 0 Å². The van der Waals surface area contributed by atoms with Gasteiger partial charge in [0.1, 0.15) is 0 Å². The molecule has 3 atom stereocenters. The first-order valence-electron chi connectivity index (χ1n) is 8.90. The highest BCUT2D eigenvalue weighted by Crippen LogP contribution is 2.61. The van der Waals surface area contributed by atoms with E-state index in [1.165, 1.54) is 44.1 Å². The Labute approximate surface area is 140 Å². The quantitative estimate of drug-likeness (QED) is 0.440. The molecule has 1 fully saturated rings. The molecule has 1 aromatic carbocycles. The molecule has 2 unspecified atom stereocenters. The van der Waals surface area contributed by atoms with E-state index in [1.807, 2.05) is 11.1 Å². The molecular weight excluding hydrogens is 284 g/mol. The van der Waals surface area contributed by atoms with E-state index in [2.05, 4.69) is 52.5 Å². The van der Waals surface area contributed by atoms with Crippen LogP contribution < -0.4 is 0 Å². The first-order chi connectivity index (χ1) is 10.3. The monoisotopic (exact) mass is 312 g/mol. The minimum absolute atomic E-state index is 0.290. The molecule has 0 saturated heterocycles. The summed E-state index contributed by atoms with van der Waals surface area (Å²) in [4.78, 5) is 1.16. The van der Waals surface area contributed by atoms with Gasteiger partial charge in [-0.3, -0.25) is 0 Å². The number of hydrogen-bond donors (Lipinski definition) is 1. The molecule has 0 aliphatic heterocycles. The van der Waals surface area contributed by atoms with Crippen molar-refractivity contribution in [2.75, 3.05) is 0 Å². The number of rotatable bonds is 0. The van der Waals surface area contributed by atoms with E-state index in [1.54, 1.807) is 11.1 Å². The van der Waals surface area contributed by atoms with Crippen LogP contribution in [0.4, 0.5) is 0 Å². The smallest absolute Gasteiger partial charge is 0.0139 e. The van der Waals surface area contributed by atoms with Crippen LogP contribution in [0.15, 0.2) is 28.2 Å². The predicted molar refractivity (Wildman–Crippen MR) is 96.9 cm³/mol. The summed E-state index contributed by atoms with van der Waals surface area (Å²) in [5.74, 6) is 0.873. The molecule has 3 aliphatic rings. The van der Waals surface area contributed by atoms with Crippen LogP contribution in [-0.4, -0.2) is 0 Å². The van der Waals surface area contributed by atoms with Crippen LogP contribution in [0.3, 0.4) is 0 Å². The molecule has 118 valence electrons. The first-order valence-corrected chi connectivity index (χ1v) is 9.35. The molecule has 4 rings (SSSR count). The lowest BCUT2D eigenvalue weighted by atomic mass is 9.56. The normalized spacial score (nSPS) is 36.9. The Morgan fingerprint density at radius 2 is 1.86 bits per heavy atom. The first kappa shape index (κ1) is 14.9. The van der Waals surface area contributed by atoms with Crippen LogP contribution >= 0.6 is 12.6 Å². The molecule has 0 N–H and O–H groups in total. The van der Waals surface area contributed by atoms with Gasteiger partial charge in [0.15, 0.2) is 0 Å². The Morgan fingerprint density at radius 3 is 2.64 bits per heavy atom. The van der Waals surface area contributed by atoms with Crippen molar-refractivity contribution >= 4 is 12.6 Å². The molecule has 0 nitrogen and oxygen atoms in total. The van der Waals surface area contributed by atoms with E-state index in [0.717, 1.165) is 10.8 Å². The van der Waals surface area contributed by atoms with Crippen LogP contribution in [0.1, 0.15) is 69.6 Å². The van der Waals surface area contributed by atoms with Crippen molar-refractivity contribution < 1.29 is 0 Å². The van der Waals surface area contributed by atoms with Gasteiger partial charge < -0.3 is 0 Å². The topological polar surface area (TPSA) is 0 Å². The number of allylic oxidation sites excluding steroid dienone is 2. The fourth-order valence-corrected chi connectivity index (χ4v) is 6.08. The SMILES string of the molecule is Cc1c(S)ccc2c1CCC1=C3CC(C)C[C@]3(C)CCC12C. The molecule has 3 aliphatic carbocycles. The van der Waals surface area contributed by atoms with Crippen LogP contribution in [0.5, 0.6) is 0 Å². The van der Waals surface area contributed by atoms with Crippen molar-refractivity contribution in [2.45, 2.75) is 76.5 Å². The molecular formula is C21H28S. The molecule has 0 amide bonds. The summed E-state index contributed by atoms with van der Waals surface area (Å²) in [6.07, 6.45) is 7.94. The van der Waals surface area contributed by atoms with E-state index in [9.17, 15) is 0 Å². The summed E-state index contributed by atoms with van der Waals surface area (Å²) in [6, 6.07) is 4.60. The van der Waals surface area contributed by atoms with E-state index >= 15 is 0 Å². The Hall–Kier alpha value is -0.690. The average molecular weight is 313 g/mol. The molecule has 22 heavy (non-hydrogen) atoms. The zero-order valence-electron chi connectivity index (χ0n) is 14.4. The largest absolute Gasteiger partial charge is 0.143 e. The summed E-state index contributed by atoms with van der Waals surface area (Å²) in [6.45, 7) is 9.76. The van der Waals surface area contributed by atoms with Gasteiger partial charge in [0.25, 0.3) is 0 Å². The molecule has 0 spiro atoms. The summed E-state index contributed by atoms with van der Waals surface area (Å²) >= 11 is 4.65. The summed E-state index contributed by atoms with van der Waals surface area (Å²) < 4.78 is 0. The highest BCUT2D eigenvalue weighted by molar-refractivity contribution is 7.80. The van der Waals surface area contributed by atoms with Crippen molar-refractivity contribution in [3.8, 4) is 0 Å². The van der Waals surface area contributed by atoms with Gasteiger partial charge in [-0.25, -0.2) is 0 Å². The Morgan fingerprint density at radius 1 is 1.09 bits per heavy atom. The Balaban J connectivity index is 1.92. The second-order valence-corrected chi connectivity index (χ2v) is 9.08. The van der Waals surface area contributed by atoms with Gasteiger partial charge in [0.05, 0.1) is 0 Å². The van der Waals surface area contributed by atoms with Crippen molar-refractivity contribution in [3.05, 3.63) is 40.0 Å². The zero-order chi connectivity index (χ0) is 15.7. The zero-order valence-corrected chi connectivity index (χ0v) is 15.3. The maximum atomic E-state index is 4.65. The number of fused-ring (bicyclic) bond motifs is 4. The van der Waals surface area contributed by atoms with E-state index in [4.69, 9.17) is 0 Å². The van der Waals surface area contributed by atoms with Crippen LogP contribution in [0.2, 0.25) is 0 Å². The van der Waals surface area contributed by atoms with E-state index in [-0.39, 0.29) is 0 Å². The fraction of sp³-hybridized carbons (Fsp3) is 0.619. The molecule has 1 aromatic rings. The molecule has 0 radical (unpaired) electrons. The maximum absolute atomic E-state index is 4.65. The van der Waals surface area contributed by atoms with Crippen LogP contribution in [0, 0.1) is 18.3 Å². The summed E-state index contributed by atoms with van der Waals surface area (Å²) in [5, 5.41) is 0. The lowest BCUT2D eigenvalue weighted by Gasteiger charge is -2.48. The molecule has 0 aromatic heterocycles. The third kappa shape index (κ3) is 1.84. The highest BCUT2D eigenvalue weighted by Gasteiger charge is 2.49. The highest BCUT2D eigenvalue weighted by atomic mass is 32.1. The van der Waals surface area contributed by atoms with Gasteiger partial charge in [-0.2, -0.15) is 0 Å². The second kappa shape index (κ2) is 4.66. The number of thiol groups is 1. The van der Waals surface area contributed by atoms with Crippen molar-refractivity contribution in [2.24, 2.45) is 11.3 Å². The van der Waals surface area contributed by atoms with Gasteiger partial charge in [-0.05, 0) is 79.5 Å². The van der Waals surface area contributed by atoms with Crippen LogP contribution in [0.25, 0.3) is 0 Å². The minimum Gasteiger partial charge on any atom is -0.143 e. The Kier molecular flexibility index (Phi) is 3.15. The third-order valence-electron chi connectivity index (χ3n) is 7.08. The van der Waals surface area contributed by atoms with Gasteiger partial charge in [0, 0.05) is 10.3 Å². The van der Waals surface area contributed by atoms with Crippen molar-refractivity contribution in [1.29, 1.82) is 0 Å². The van der Waals surface area contributed by atoms with Crippen LogP contribution in [-0.2, 0) is 11.8 Å². The number of hydrogen-bond acceptors (Lipinski definition) is 1. The van der Waals surface area contributed by atoms with Gasteiger partial charge >= 0.3 is 0 Å². The summed E-state index contributed by atoms with van der Waals surface area (Å²) in [7, 11) is 0. The number of benzene rings is 1. The fourth-order valence-electron chi connectivity index (χ4n) is 5.87. The minimum atomic E-state index is 0.290. The van der Waals surface area contributed by atoms with E-state index in [0.29, 0.717) is 10.8 Å². The molecule has 0 heterocycles. The lowest BCUT2D eigenvalue weighted by molar-refractivity contribution is 0.269. The average Bonchev–Trinajstić information content (AvgIpc) is 2.77.